The van der Waals surface area contributed by atoms with Gasteiger partial charge in [0.2, 0.25) is 11.8 Å². The molecule has 182 valence electrons. The Hall–Kier alpha value is -3.09. The van der Waals surface area contributed by atoms with Crippen LogP contribution in [0.15, 0.2) is 54.6 Å². The third-order valence-electron chi connectivity index (χ3n) is 5.96. The number of amides is 3. The summed E-state index contributed by atoms with van der Waals surface area (Å²) in [5, 5.41) is 5.57. The van der Waals surface area contributed by atoms with Gasteiger partial charge in [0, 0.05) is 33.1 Å². The van der Waals surface area contributed by atoms with Gasteiger partial charge in [-0.05, 0) is 62.9 Å². The Morgan fingerprint density at radius 2 is 1.74 bits per heavy atom. The van der Waals surface area contributed by atoms with Crippen LogP contribution in [-0.4, -0.2) is 40.7 Å². The zero-order chi connectivity index (χ0) is 25.5. The average molecular weight is 512 g/mol. The highest BCUT2D eigenvalue weighted by Gasteiger charge is 2.35. The van der Waals surface area contributed by atoms with Crippen molar-refractivity contribution in [3.05, 3.63) is 75.8 Å². The molecule has 0 unspecified atom stereocenters. The summed E-state index contributed by atoms with van der Waals surface area (Å²) in [5.74, 6) is -0.902. The van der Waals surface area contributed by atoms with E-state index in [1.807, 2.05) is 51.1 Å². The van der Waals surface area contributed by atoms with Crippen LogP contribution in [0, 0.1) is 0 Å². The van der Waals surface area contributed by atoms with Gasteiger partial charge in [-0.1, -0.05) is 53.5 Å². The summed E-state index contributed by atoms with van der Waals surface area (Å²) in [4.78, 5) is 42.9. The molecule has 35 heavy (non-hydrogen) atoms. The Labute approximate surface area is 214 Å². The third kappa shape index (κ3) is 5.14. The van der Waals surface area contributed by atoms with E-state index in [9.17, 15) is 14.4 Å². The van der Waals surface area contributed by atoms with Gasteiger partial charge in [0.05, 0.1) is 5.69 Å². The lowest BCUT2D eigenvalue weighted by molar-refractivity contribution is -0.140. The normalized spacial score (nSPS) is 13.8. The second kappa shape index (κ2) is 9.51. The molecule has 0 saturated carbocycles. The van der Waals surface area contributed by atoms with Gasteiger partial charge >= 0.3 is 0 Å². The molecular formula is C27H27Cl2N3O3. The van der Waals surface area contributed by atoms with Crippen LogP contribution in [0.2, 0.25) is 10.0 Å². The molecule has 3 amide bonds. The van der Waals surface area contributed by atoms with E-state index in [-0.39, 0.29) is 30.8 Å². The summed E-state index contributed by atoms with van der Waals surface area (Å²) < 4.78 is 0. The number of nitrogens with zero attached hydrogens (tertiary/aromatic N) is 2. The van der Waals surface area contributed by atoms with Gasteiger partial charge in [-0.2, -0.15) is 0 Å². The number of benzene rings is 3. The predicted octanol–water partition coefficient (Wildman–Crippen LogP) is 5.44. The first kappa shape index (κ1) is 25.0. The molecule has 6 nitrogen and oxygen atoms in total. The number of carbonyl (C=O) groups is 3. The van der Waals surface area contributed by atoms with Gasteiger partial charge in [0.1, 0.15) is 12.6 Å². The van der Waals surface area contributed by atoms with Crippen LogP contribution in [0.1, 0.15) is 43.6 Å². The van der Waals surface area contributed by atoms with Crippen molar-refractivity contribution >= 4 is 57.4 Å². The molecule has 0 radical (unpaired) electrons. The molecule has 3 aromatic carbocycles. The van der Waals surface area contributed by atoms with E-state index in [4.69, 9.17) is 23.2 Å². The maximum atomic E-state index is 13.7. The van der Waals surface area contributed by atoms with E-state index in [1.54, 1.807) is 31.2 Å². The SMILES string of the molecule is C[C@H](C(=O)NC(C)(C)C)N(Cc1ccc(Cl)cc1Cl)C(=O)CN1C(=O)c2cccc3cccc1c23. The van der Waals surface area contributed by atoms with E-state index in [0.29, 0.717) is 26.9 Å². The van der Waals surface area contributed by atoms with Gasteiger partial charge in [-0.3, -0.25) is 19.3 Å². The Bertz CT molecular complexity index is 1330. The van der Waals surface area contributed by atoms with Crippen LogP contribution in [-0.2, 0) is 16.1 Å². The van der Waals surface area contributed by atoms with E-state index in [1.165, 1.54) is 9.80 Å². The fourth-order valence-corrected chi connectivity index (χ4v) is 4.72. The van der Waals surface area contributed by atoms with E-state index in [2.05, 4.69) is 5.32 Å². The number of hydrogen-bond acceptors (Lipinski definition) is 3. The Balaban J connectivity index is 1.65. The molecule has 1 aliphatic heterocycles. The van der Waals surface area contributed by atoms with Crippen molar-refractivity contribution in [3.8, 4) is 0 Å². The molecule has 0 saturated heterocycles. The minimum Gasteiger partial charge on any atom is -0.350 e. The largest absolute Gasteiger partial charge is 0.350 e. The number of hydrogen-bond donors (Lipinski definition) is 1. The monoisotopic (exact) mass is 511 g/mol. The van der Waals surface area contributed by atoms with Gasteiger partial charge < -0.3 is 10.2 Å². The van der Waals surface area contributed by atoms with Crippen molar-refractivity contribution in [1.29, 1.82) is 0 Å². The second-order valence-corrected chi connectivity index (χ2v) is 10.6. The second-order valence-electron chi connectivity index (χ2n) is 9.74. The number of nitrogens with one attached hydrogen (secondary N) is 1. The van der Waals surface area contributed by atoms with Gasteiger partial charge in [-0.25, -0.2) is 0 Å². The van der Waals surface area contributed by atoms with Crippen LogP contribution in [0.3, 0.4) is 0 Å². The summed E-state index contributed by atoms with van der Waals surface area (Å²) in [6.45, 7) is 7.18. The highest BCUT2D eigenvalue weighted by Crippen LogP contribution is 2.37. The van der Waals surface area contributed by atoms with Crippen molar-refractivity contribution < 1.29 is 14.4 Å². The van der Waals surface area contributed by atoms with Crippen LogP contribution in [0.25, 0.3) is 10.8 Å². The van der Waals surface area contributed by atoms with E-state index in [0.717, 1.165) is 10.8 Å². The molecular weight excluding hydrogens is 485 g/mol. The van der Waals surface area contributed by atoms with Crippen LogP contribution in [0.5, 0.6) is 0 Å². The predicted molar refractivity (Wildman–Crippen MR) is 140 cm³/mol. The zero-order valence-electron chi connectivity index (χ0n) is 20.1. The lowest BCUT2D eigenvalue weighted by atomic mass is 10.1. The summed E-state index contributed by atoms with van der Waals surface area (Å²) in [6.07, 6.45) is 0. The van der Waals surface area contributed by atoms with Gasteiger partial charge in [0.25, 0.3) is 5.91 Å². The summed E-state index contributed by atoms with van der Waals surface area (Å²) in [5.41, 5.74) is 1.43. The molecule has 1 atom stereocenters. The van der Waals surface area contributed by atoms with Crippen molar-refractivity contribution in [1.82, 2.24) is 10.2 Å². The minimum atomic E-state index is -0.802. The topological polar surface area (TPSA) is 69.7 Å². The van der Waals surface area contributed by atoms with Crippen LogP contribution < -0.4 is 10.2 Å². The first-order chi connectivity index (χ1) is 16.5. The molecule has 0 bridgehead atoms. The highest BCUT2D eigenvalue weighted by molar-refractivity contribution is 6.35. The first-order valence-electron chi connectivity index (χ1n) is 11.4. The Kier molecular flexibility index (Phi) is 6.80. The molecule has 3 aromatic rings. The summed E-state index contributed by atoms with van der Waals surface area (Å²) in [6, 6.07) is 15.4. The Morgan fingerprint density at radius 1 is 1.06 bits per heavy atom. The first-order valence-corrected chi connectivity index (χ1v) is 12.1. The standard InChI is InChI=1S/C27H27Cl2N3O3/c1-16(25(34)30-27(2,3)4)31(14-18-11-12-19(28)13-21(18)29)23(33)15-32-22-10-6-8-17-7-5-9-20(24(17)22)26(32)35/h5-13,16H,14-15H2,1-4H3,(H,30,34)/t16-/m1/s1. The van der Waals surface area contributed by atoms with Crippen molar-refractivity contribution in [3.63, 3.8) is 0 Å². The number of carbonyl (C=O) groups excluding carboxylic acids is 3. The summed E-state index contributed by atoms with van der Waals surface area (Å²) >= 11 is 12.4. The number of anilines is 1. The number of rotatable bonds is 6. The maximum absolute atomic E-state index is 13.7. The average Bonchev–Trinajstić information content (AvgIpc) is 3.05. The van der Waals surface area contributed by atoms with E-state index < -0.39 is 11.6 Å². The minimum absolute atomic E-state index is 0.0900. The van der Waals surface area contributed by atoms with Crippen LogP contribution >= 0.6 is 23.2 Å². The molecule has 0 spiro atoms. The molecule has 0 aliphatic carbocycles. The zero-order valence-corrected chi connectivity index (χ0v) is 21.6. The summed E-state index contributed by atoms with van der Waals surface area (Å²) in [7, 11) is 0. The van der Waals surface area contributed by atoms with Gasteiger partial charge in [-0.15, -0.1) is 0 Å². The van der Waals surface area contributed by atoms with E-state index >= 15 is 0 Å². The maximum Gasteiger partial charge on any atom is 0.259 e. The molecule has 0 aromatic heterocycles. The molecule has 1 aliphatic rings. The van der Waals surface area contributed by atoms with Crippen LogP contribution in [0.4, 0.5) is 5.69 Å². The van der Waals surface area contributed by atoms with Crippen molar-refractivity contribution in [2.75, 3.05) is 11.4 Å². The molecule has 1 heterocycles. The highest BCUT2D eigenvalue weighted by atomic mass is 35.5. The lowest BCUT2D eigenvalue weighted by Crippen LogP contribution is -2.54. The fraction of sp³-hybridized carbons (Fsp3) is 0.296. The lowest BCUT2D eigenvalue weighted by Gasteiger charge is -2.33. The smallest absolute Gasteiger partial charge is 0.259 e. The molecule has 1 N–H and O–H groups in total. The van der Waals surface area contributed by atoms with Crippen molar-refractivity contribution in [2.24, 2.45) is 0 Å². The fourth-order valence-electron chi connectivity index (χ4n) is 4.25. The third-order valence-corrected chi connectivity index (χ3v) is 6.55. The number of halogens is 2. The molecule has 4 rings (SSSR count). The molecule has 0 fully saturated rings. The van der Waals surface area contributed by atoms with Gasteiger partial charge in [0.15, 0.2) is 0 Å². The molecule has 8 heteroatoms. The van der Waals surface area contributed by atoms with Crippen molar-refractivity contribution in [2.45, 2.75) is 45.8 Å². The quantitative estimate of drug-likeness (QED) is 0.479. The Morgan fingerprint density at radius 3 is 2.40 bits per heavy atom.